The molecule has 2 amide bonds. The van der Waals surface area contributed by atoms with Crippen LogP contribution < -0.4 is 5.32 Å². The number of likely N-dealkylation sites (N-methyl/N-ethyl adjacent to an activating group) is 1. The Kier molecular flexibility index (Phi) is 5.38. The highest BCUT2D eigenvalue weighted by molar-refractivity contribution is 5.91. The highest BCUT2D eigenvalue weighted by Crippen LogP contribution is 2.22. The van der Waals surface area contributed by atoms with Gasteiger partial charge in [-0.1, -0.05) is 12.1 Å². The first kappa shape index (κ1) is 17.5. The van der Waals surface area contributed by atoms with Crippen LogP contribution in [0.25, 0.3) is 5.69 Å². The minimum Gasteiger partial charge on any atom is -0.376 e. The van der Waals surface area contributed by atoms with Crippen molar-refractivity contribution in [3.63, 3.8) is 0 Å². The summed E-state index contributed by atoms with van der Waals surface area (Å²) in [7, 11) is 0. The van der Waals surface area contributed by atoms with Crippen LogP contribution in [0.5, 0.6) is 0 Å². The first-order chi connectivity index (χ1) is 12.1. The molecule has 1 aliphatic rings. The molecule has 0 bridgehead atoms. The van der Waals surface area contributed by atoms with Gasteiger partial charge in [-0.3, -0.25) is 0 Å². The number of hydrogen-bond acceptors (Lipinski definition) is 3. The molecule has 1 N–H and O–H groups in total. The SMILES string of the molecule is CCN(C[C@H]1CCCO1)C(=O)Nc1ccccc1-n1nc(C)cc1C. The van der Waals surface area contributed by atoms with Gasteiger partial charge < -0.3 is 15.0 Å². The highest BCUT2D eigenvalue weighted by atomic mass is 16.5. The number of nitrogens with zero attached hydrogens (tertiary/aromatic N) is 3. The van der Waals surface area contributed by atoms with Gasteiger partial charge in [-0.15, -0.1) is 0 Å². The Morgan fingerprint density at radius 1 is 1.40 bits per heavy atom. The molecule has 2 aromatic rings. The molecule has 0 unspecified atom stereocenters. The number of hydrogen-bond donors (Lipinski definition) is 1. The number of benzene rings is 1. The van der Waals surface area contributed by atoms with E-state index in [0.29, 0.717) is 13.1 Å². The maximum absolute atomic E-state index is 12.7. The van der Waals surface area contributed by atoms with Crippen LogP contribution >= 0.6 is 0 Å². The fraction of sp³-hybridized carbons (Fsp3) is 0.474. The molecule has 1 fully saturated rings. The first-order valence-electron chi connectivity index (χ1n) is 8.88. The van der Waals surface area contributed by atoms with Gasteiger partial charge >= 0.3 is 6.03 Å². The lowest BCUT2D eigenvalue weighted by Gasteiger charge is -2.25. The number of ether oxygens (including phenoxy) is 1. The van der Waals surface area contributed by atoms with Crippen LogP contribution in [0.15, 0.2) is 30.3 Å². The highest BCUT2D eigenvalue weighted by Gasteiger charge is 2.22. The molecular weight excluding hydrogens is 316 g/mol. The van der Waals surface area contributed by atoms with Crippen molar-refractivity contribution >= 4 is 11.7 Å². The Labute approximate surface area is 148 Å². The molecule has 1 saturated heterocycles. The van der Waals surface area contributed by atoms with Crippen molar-refractivity contribution < 1.29 is 9.53 Å². The van der Waals surface area contributed by atoms with Gasteiger partial charge in [0, 0.05) is 25.4 Å². The van der Waals surface area contributed by atoms with E-state index in [2.05, 4.69) is 10.4 Å². The third-order valence-corrected chi connectivity index (χ3v) is 4.50. The number of carbonyl (C=O) groups excluding carboxylic acids is 1. The van der Waals surface area contributed by atoms with E-state index in [1.165, 1.54) is 0 Å². The molecule has 1 aromatic carbocycles. The summed E-state index contributed by atoms with van der Waals surface area (Å²) in [4.78, 5) is 14.5. The summed E-state index contributed by atoms with van der Waals surface area (Å²) in [5, 5.41) is 7.57. The van der Waals surface area contributed by atoms with Crippen molar-refractivity contribution in [2.24, 2.45) is 0 Å². The molecule has 2 heterocycles. The van der Waals surface area contributed by atoms with Gasteiger partial charge in [-0.05, 0) is 51.8 Å². The molecule has 0 saturated carbocycles. The van der Waals surface area contributed by atoms with Crippen molar-refractivity contribution in [1.82, 2.24) is 14.7 Å². The van der Waals surface area contributed by atoms with Crippen LogP contribution in [0, 0.1) is 13.8 Å². The van der Waals surface area contributed by atoms with Crippen LogP contribution in [0.4, 0.5) is 10.5 Å². The number of rotatable bonds is 5. The minimum absolute atomic E-state index is 0.105. The molecule has 6 nitrogen and oxygen atoms in total. The Hall–Kier alpha value is -2.34. The largest absolute Gasteiger partial charge is 0.376 e. The van der Waals surface area contributed by atoms with Gasteiger partial charge in [0.1, 0.15) is 0 Å². The van der Waals surface area contributed by atoms with E-state index >= 15 is 0 Å². The lowest BCUT2D eigenvalue weighted by Crippen LogP contribution is -2.40. The van der Waals surface area contributed by atoms with E-state index in [1.807, 2.05) is 55.8 Å². The summed E-state index contributed by atoms with van der Waals surface area (Å²) >= 11 is 0. The van der Waals surface area contributed by atoms with Gasteiger partial charge in [-0.25, -0.2) is 9.48 Å². The van der Waals surface area contributed by atoms with E-state index < -0.39 is 0 Å². The summed E-state index contributed by atoms with van der Waals surface area (Å²) in [6, 6.07) is 9.66. The lowest BCUT2D eigenvalue weighted by atomic mass is 10.2. The quantitative estimate of drug-likeness (QED) is 0.904. The Balaban J connectivity index is 1.77. The van der Waals surface area contributed by atoms with Crippen molar-refractivity contribution in [1.29, 1.82) is 0 Å². The minimum atomic E-state index is -0.105. The van der Waals surface area contributed by atoms with E-state index in [1.54, 1.807) is 4.90 Å². The summed E-state index contributed by atoms with van der Waals surface area (Å²) in [6.07, 6.45) is 2.24. The monoisotopic (exact) mass is 342 g/mol. The number of aryl methyl sites for hydroxylation is 2. The van der Waals surface area contributed by atoms with Crippen molar-refractivity contribution in [3.8, 4) is 5.69 Å². The second-order valence-corrected chi connectivity index (χ2v) is 6.46. The Morgan fingerprint density at radius 2 is 2.20 bits per heavy atom. The number of amides is 2. The maximum atomic E-state index is 12.7. The third kappa shape index (κ3) is 4.02. The summed E-state index contributed by atoms with van der Waals surface area (Å²) < 4.78 is 7.52. The van der Waals surface area contributed by atoms with E-state index in [0.717, 1.165) is 42.2 Å². The molecule has 0 spiro atoms. The molecule has 6 heteroatoms. The second-order valence-electron chi connectivity index (χ2n) is 6.46. The van der Waals surface area contributed by atoms with Crippen LogP contribution in [0.2, 0.25) is 0 Å². The molecule has 0 radical (unpaired) electrons. The van der Waals surface area contributed by atoms with Crippen molar-refractivity contribution in [2.45, 2.75) is 39.7 Å². The fourth-order valence-electron chi connectivity index (χ4n) is 3.22. The van der Waals surface area contributed by atoms with E-state index in [-0.39, 0.29) is 12.1 Å². The average molecular weight is 342 g/mol. The number of aromatic nitrogens is 2. The van der Waals surface area contributed by atoms with Gasteiger partial charge in [-0.2, -0.15) is 5.10 Å². The number of anilines is 1. The molecule has 3 rings (SSSR count). The number of nitrogens with one attached hydrogen (secondary N) is 1. The average Bonchev–Trinajstić information content (AvgIpc) is 3.22. The first-order valence-corrected chi connectivity index (χ1v) is 8.88. The third-order valence-electron chi connectivity index (χ3n) is 4.50. The summed E-state index contributed by atoms with van der Waals surface area (Å²) in [5.74, 6) is 0. The standard InChI is InChI=1S/C19H26N4O2/c1-4-22(13-16-8-7-11-25-16)19(24)20-17-9-5-6-10-18(17)23-15(3)12-14(2)21-23/h5-6,9-10,12,16H,4,7-8,11,13H2,1-3H3,(H,20,24)/t16-/m1/s1. The molecular formula is C19H26N4O2. The van der Waals surface area contributed by atoms with Crippen molar-refractivity contribution in [2.75, 3.05) is 25.0 Å². The van der Waals surface area contributed by atoms with E-state index in [9.17, 15) is 4.79 Å². The van der Waals surface area contributed by atoms with Crippen LogP contribution in [-0.4, -0.2) is 46.5 Å². The second kappa shape index (κ2) is 7.70. The molecule has 134 valence electrons. The lowest BCUT2D eigenvalue weighted by molar-refractivity contribution is 0.0849. The zero-order valence-corrected chi connectivity index (χ0v) is 15.2. The molecule has 25 heavy (non-hydrogen) atoms. The van der Waals surface area contributed by atoms with Gasteiger partial charge in [0.15, 0.2) is 0 Å². The summed E-state index contributed by atoms with van der Waals surface area (Å²) in [6.45, 7) is 8.03. The normalized spacial score (nSPS) is 16.8. The number of urea groups is 1. The zero-order chi connectivity index (χ0) is 17.8. The Bertz CT molecular complexity index is 735. The molecule has 1 aromatic heterocycles. The molecule has 1 atom stereocenters. The predicted molar refractivity (Wildman–Crippen MR) is 98.3 cm³/mol. The zero-order valence-electron chi connectivity index (χ0n) is 15.2. The fourth-order valence-corrected chi connectivity index (χ4v) is 3.22. The van der Waals surface area contributed by atoms with Gasteiger partial charge in [0.2, 0.25) is 0 Å². The van der Waals surface area contributed by atoms with Gasteiger partial charge in [0.25, 0.3) is 0 Å². The van der Waals surface area contributed by atoms with Gasteiger partial charge in [0.05, 0.1) is 23.2 Å². The van der Waals surface area contributed by atoms with Crippen molar-refractivity contribution in [3.05, 3.63) is 41.7 Å². The smallest absolute Gasteiger partial charge is 0.321 e. The van der Waals surface area contributed by atoms with Crippen LogP contribution in [-0.2, 0) is 4.74 Å². The molecule has 0 aliphatic carbocycles. The topological polar surface area (TPSA) is 59.4 Å². The van der Waals surface area contributed by atoms with E-state index in [4.69, 9.17) is 4.74 Å². The summed E-state index contributed by atoms with van der Waals surface area (Å²) in [5.41, 5.74) is 3.61. The maximum Gasteiger partial charge on any atom is 0.321 e. The predicted octanol–water partition coefficient (Wildman–Crippen LogP) is 3.52. The number of carbonyl (C=O) groups is 1. The van der Waals surface area contributed by atoms with Crippen LogP contribution in [0.3, 0.4) is 0 Å². The van der Waals surface area contributed by atoms with Crippen LogP contribution in [0.1, 0.15) is 31.2 Å². The number of para-hydroxylation sites is 2. The Morgan fingerprint density at radius 3 is 2.84 bits per heavy atom. The molecule has 1 aliphatic heterocycles.